The van der Waals surface area contributed by atoms with Crippen molar-refractivity contribution in [1.29, 1.82) is 0 Å². The number of ether oxygens (including phenoxy) is 2. The second-order valence-electron chi connectivity index (χ2n) is 3.55. The van der Waals surface area contributed by atoms with Gasteiger partial charge in [-0.3, -0.25) is 4.79 Å². The summed E-state index contributed by atoms with van der Waals surface area (Å²) in [6.45, 7) is -0.0635. The summed E-state index contributed by atoms with van der Waals surface area (Å²) in [4.78, 5) is 22.0. The van der Waals surface area contributed by atoms with Gasteiger partial charge in [-0.15, -0.1) is 0 Å². The van der Waals surface area contributed by atoms with Crippen LogP contribution in [0.5, 0.6) is 5.75 Å². The molecule has 19 heavy (non-hydrogen) atoms. The van der Waals surface area contributed by atoms with Gasteiger partial charge in [0.25, 0.3) is 5.91 Å². The minimum Gasteiger partial charge on any atom is -0.496 e. The van der Waals surface area contributed by atoms with Crippen molar-refractivity contribution in [3.63, 3.8) is 0 Å². The standard InChI is InChI=1S/C12H14ClNO5/c1-18-10-6-8(13)2-3-9(10)12(17)14-4-5-19-7-11(15)16/h2-3,6H,4-5,7H2,1H3,(H,14,17)(H,15,16). The van der Waals surface area contributed by atoms with Crippen molar-refractivity contribution in [2.75, 3.05) is 26.9 Å². The summed E-state index contributed by atoms with van der Waals surface area (Å²) in [5, 5.41) is 11.4. The SMILES string of the molecule is COc1cc(Cl)ccc1C(=O)NCCOCC(=O)O. The molecule has 0 saturated heterocycles. The summed E-state index contributed by atoms with van der Waals surface area (Å²) in [6, 6.07) is 4.67. The molecule has 0 aliphatic rings. The van der Waals surface area contributed by atoms with Gasteiger partial charge in [-0.25, -0.2) is 4.79 Å². The van der Waals surface area contributed by atoms with Gasteiger partial charge in [-0.2, -0.15) is 0 Å². The second-order valence-corrected chi connectivity index (χ2v) is 3.98. The minimum absolute atomic E-state index is 0.119. The summed E-state index contributed by atoms with van der Waals surface area (Å²) in [7, 11) is 1.44. The van der Waals surface area contributed by atoms with Crippen molar-refractivity contribution in [3.8, 4) is 5.75 Å². The summed E-state index contributed by atoms with van der Waals surface area (Å²) in [5.41, 5.74) is 0.352. The van der Waals surface area contributed by atoms with E-state index in [1.807, 2.05) is 0 Å². The van der Waals surface area contributed by atoms with Crippen molar-refractivity contribution in [2.24, 2.45) is 0 Å². The number of benzene rings is 1. The highest BCUT2D eigenvalue weighted by Crippen LogP contribution is 2.22. The summed E-state index contributed by atoms with van der Waals surface area (Å²) < 4.78 is 9.84. The highest BCUT2D eigenvalue weighted by Gasteiger charge is 2.12. The molecular formula is C12H14ClNO5. The normalized spacial score (nSPS) is 10.0. The van der Waals surface area contributed by atoms with Gasteiger partial charge in [0.15, 0.2) is 0 Å². The predicted octanol–water partition coefficient (Wildman–Crippen LogP) is 1.18. The van der Waals surface area contributed by atoms with E-state index in [1.54, 1.807) is 12.1 Å². The maximum absolute atomic E-state index is 11.8. The van der Waals surface area contributed by atoms with Crippen molar-refractivity contribution in [1.82, 2.24) is 5.32 Å². The van der Waals surface area contributed by atoms with Crippen LogP contribution >= 0.6 is 11.6 Å². The lowest BCUT2D eigenvalue weighted by atomic mass is 10.2. The maximum Gasteiger partial charge on any atom is 0.329 e. The number of hydrogen-bond acceptors (Lipinski definition) is 4. The zero-order valence-corrected chi connectivity index (χ0v) is 11.1. The Morgan fingerprint density at radius 3 is 2.79 bits per heavy atom. The Kier molecular flexibility index (Phi) is 6.11. The number of carboxylic acid groups (broad SMARTS) is 1. The van der Waals surface area contributed by atoms with E-state index >= 15 is 0 Å². The highest BCUT2D eigenvalue weighted by atomic mass is 35.5. The van der Waals surface area contributed by atoms with E-state index in [1.165, 1.54) is 13.2 Å². The van der Waals surface area contributed by atoms with Gasteiger partial charge in [-0.1, -0.05) is 11.6 Å². The molecule has 1 amide bonds. The molecule has 0 aliphatic heterocycles. The van der Waals surface area contributed by atoms with Crippen LogP contribution in [0.4, 0.5) is 0 Å². The molecule has 0 radical (unpaired) electrons. The minimum atomic E-state index is -1.05. The Morgan fingerprint density at radius 1 is 1.42 bits per heavy atom. The zero-order chi connectivity index (χ0) is 14.3. The van der Waals surface area contributed by atoms with Gasteiger partial charge in [-0.05, 0) is 18.2 Å². The summed E-state index contributed by atoms with van der Waals surface area (Å²) >= 11 is 5.79. The Labute approximate surface area is 115 Å². The van der Waals surface area contributed by atoms with Crippen LogP contribution in [0, 0.1) is 0 Å². The number of carboxylic acids is 1. The van der Waals surface area contributed by atoms with Gasteiger partial charge in [0.2, 0.25) is 0 Å². The average molecular weight is 288 g/mol. The number of halogens is 1. The van der Waals surface area contributed by atoms with E-state index < -0.39 is 5.97 Å². The molecule has 7 heteroatoms. The monoisotopic (exact) mass is 287 g/mol. The van der Waals surface area contributed by atoms with Gasteiger partial charge in [0.1, 0.15) is 12.4 Å². The fraction of sp³-hybridized carbons (Fsp3) is 0.333. The van der Waals surface area contributed by atoms with Gasteiger partial charge >= 0.3 is 5.97 Å². The molecule has 1 rings (SSSR count). The van der Waals surface area contributed by atoms with Crippen molar-refractivity contribution in [2.45, 2.75) is 0 Å². The maximum atomic E-state index is 11.8. The van der Waals surface area contributed by atoms with Crippen LogP contribution in [-0.2, 0) is 9.53 Å². The molecule has 0 bridgehead atoms. The lowest BCUT2D eigenvalue weighted by Crippen LogP contribution is -2.28. The van der Waals surface area contributed by atoms with E-state index in [4.69, 9.17) is 26.2 Å². The molecule has 0 unspecified atom stereocenters. The van der Waals surface area contributed by atoms with Crippen LogP contribution in [0.15, 0.2) is 18.2 Å². The number of rotatable bonds is 7. The van der Waals surface area contributed by atoms with Crippen molar-refractivity contribution >= 4 is 23.5 Å². The quantitative estimate of drug-likeness (QED) is 0.736. The number of nitrogens with one attached hydrogen (secondary N) is 1. The first kappa shape index (κ1) is 15.3. The van der Waals surface area contributed by atoms with Crippen LogP contribution in [0.2, 0.25) is 5.02 Å². The molecule has 104 valence electrons. The molecule has 0 saturated carbocycles. The lowest BCUT2D eigenvalue weighted by molar-refractivity contribution is -0.142. The zero-order valence-electron chi connectivity index (χ0n) is 10.3. The van der Waals surface area contributed by atoms with E-state index in [9.17, 15) is 9.59 Å². The topological polar surface area (TPSA) is 84.9 Å². The third-order valence-corrected chi connectivity index (χ3v) is 2.40. The van der Waals surface area contributed by atoms with Crippen LogP contribution < -0.4 is 10.1 Å². The Morgan fingerprint density at radius 2 is 2.16 bits per heavy atom. The van der Waals surface area contributed by atoms with Crippen LogP contribution in [0.1, 0.15) is 10.4 Å². The molecule has 0 aromatic heterocycles. The third-order valence-electron chi connectivity index (χ3n) is 2.17. The third kappa shape index (κ3) is 5.15. The number of amides is 1. The van der Waals surface area contributed by atoms with Crippen LogP contribution in [0.3, 0.4) is 0 Å². The molecule has 0 atom stereocenters. The summed E-state index contributed by atoms with van der Waals surface area (Å²) in [6.07, 6.45) is 0. The Balaban J connectivity index is 2.47. The first-order valence-electron chi connectivity index (χ1n) is 5.46. The summed E-state index contributed by atoms with van der Waals surface area (Å²) in [5.74, 6) is -1.02. The predicted molar refractivity (Wildman–Crippen MR) is 68.8 cm³/mol. The fourth-order valence-electron chi connectivity index (χ4n) is 1.34. The van der Waals surface area contributed by atoms with Gasteiger partial charge in [0, 0.05) is 11.6 Å². The highest BCUT2D eigenvalue weighted by molar-refractivity contribution is 6.30. The molecule has 0 spiro atoms. The molecule has 0 aliphatic carbocycles. The van der Waals surface area contributed by atoms with Gasteiger partial charge < -0.3 is 19.9 Å². The average Bonchev–Trinajstić information content (AvgIpc) is 2.37. The van der Waals surface area contributed by atoms with E-state index in [2.05, 4.69) is 5.32 Å². The molecule has 2 N–H and O–H groups in total. The molecule has 1 aromatic carbocycles. The van der Waals surface area contributed by atoms with Gasteiger partial charge in [0.05, 0.1) is 19.3 Å². The Hall–Kier alpha value is -1.79. The van der Waals surface area contributed by atoms with E-state index in [0.717, 1.165) is 0 Å². The number of methoxy groups -OCH3 is 1. The van der Waals surface area contributed by atoms with Crippen LogP contribution in [0.25, 0.3) is 0 Å². The fourth-order valence-corrected chi connectivity index (χ4v) is 1.51. The second kappa shape index (κ2) is 7.60. The molecular weight excluding hydrogens is 274 g/mol. The smallest absolute Gasteiger partial charge is 0.329 e. The number of carbonyl (C=O) groups is 2. The molecule has 0 heterocycles. The number of carbonyl (C=O) groups excluding carboxylic acids is 1. The molecule has 6 nitrogen and oxygen atoms in total. The number of aliphatic carboxylic acids is 1. The first-order chi connectivity index (χ1) is 9.04. The van der Waals surface area contributed by atoms with Crippen molar-refractivity contribution in [3.05, 3.63) is 28.8 Å². The number of hydrogen-bond donors (Lipinski definition) is 2. The van der Waals surface area contributed by atoms with E-state index in [-0.39, 0.29) is 25.7 Å². The largest absolute Gasteiger partial charge is 0.496 e. The van der Waals surface area contributed by atoms with Crippen molar-refractivity contribution < 1.29 is 24.2 Å². The molecule has 1 aromatic rings. The molecule has 0 fully saturated rings. The van der Waals surface area contributed by atoms with E-state index in [0.29, 0.717) is 16.3 Å². The first-order valence-corrected chi connectivity index (χ1v) is 5.83. The Bertz CT molecular complexity index is 463. The van der Waals surface area contributed by atoms with Crippen LogP contribution in [-0.4, -0.2) is 43.9 Å². The lowest BCUT2D eigenvalue weighted by Gasteiger charge is -2.09.